The van der Waals surface area contributed by atoms with Crippen LogP contribution in [0.1, 0.15) is 22.9 Å². The van der Waals surface area contributed by atoms with E-state index in [9.17, 15) is 8.78 Å². The summed E-state index contributed by atoms with van der Waals surface area (Å²) in [6, 6.07) is 12.8. The molecule has 3 aromatic rings. The standard InChI is InChI=1S/C17H14F2N2/c1-10-6-8-12(18)15(16(10)19)17(20)14-9-7-11-4-2-3-5-13(11)21-14/h2-9,17H,20H2,1H3. The van der Waals surface area contributed by atoms with Crippen LogP contribution in [0.4, 0.5) is 8.78 Å². The topological polar surface area (TPSA) is 38.9 Å². The van der Waals surface area contributed by atoms with Crippen LogP contribution in [0.2, 0.25) is 0 Å². The zero-order chi connectivity index (χ0) is 15.0. The van der Waals surface area contributed by atoms with Gasteiger partial charge in [0, 0.05) is 10.9 Å². The van der Waals surface area contributed by atoms with E-state index in [0.29, 0.717) is 11.3 Å². The molecule has 1 aromatic heterocycles. The monoisotopic (exact) mass is 284 g/mol. The van der Waals surface area contributed by atoms with E-state index in [2.05, 4.69) is 4.98 Å². The molecule has 21 heavy (non-hydrogen) atoms. The van der Waals surface area contributed by atoms with Gasteiger partial charge >= 0.3 is 0 Å². The Morgan fingerprint density at radius 2 is 1.76 bits per heavy atom. The van der Waals surface area contributed by atoms with Gasteiger partial charge in [0.25, 0.3) is 0 Å². The molecule has 0 aliphatic rings. The zero-order valence-electron chi connectivity index (χ0n) is 11.5. The number of hydrogen-bond acceptors (Lipinski definition) is 2. The maximum absolute atomic E-state index is 14.2. The number of aromatic nitrogens is 1. The molecule has 106 valence electrons. The van der Waals surface area contributed by atoms with Crippen molar-refractivity contribution >= 4 is 10.9 Å². The molecular weight excluding hydrogens is 270 g/mol. The Morgan fingerprint density at radius 3 is 2.57 bits per heavy atom. The number of rotatable bonds is 2. The molecule has 0 fully saturated rings. The molecule has 0 aliphatic heterocycles. The second kappa shape index (κ2) is 5.22. The lowest BCUT2D eigenvalue weighted by atomic mass is 9.99. The molecule has 0 radical (unpaired) electrons. The van der Waals surface area contributed by atoms with Crippen LogP contribution in [-0.2, 0) is 0 Å². The van der Waals surface area contributed by atoms with Gasteiger partial charge in [-0.25, -0.2) is 8.78 Å². The maximum Gasteiger partial charge on any atom is 0.134 e. The van der Waals surface area contributed by atoms with Gasteiger partial charge < -0.3 is 5.73 Å². The average Bonchev–Trinajstić information content (AvgIpc) is 2.51. The first-order chi connectivity index (χ1) is 10.1. The van der Waals surface area contributed by atoms with Gasteiger partial charge in [0.15, 0.2) is 0 Å². The van der Waals surface area contributed by atoms with Gasteiger partial charge in [-0.05, 0) is 30.7 Å². The van der Waals surface area contributed by atoms with Gasteiger partial charge in [-0.15, -0.1) is 0 Å². The molecule has 3 rings (SSSR count). The molecule has 2 aromatic carbocycles. The van der Waals surface area contributed by atoms with Crippen molar-refractivity contribution in [2.45, 2.75) is 13.0 Å². The molecule has 1 unspecified atom stereocenters. The molecule has 2 N–H and O–H groups in total. The summed E-state index contributed by atoms with van der Waals surface area (Å²) in [6.45, 7) is 1.58. The molecular formula is C17H14F2N2. The number of halogens is 2. The molecule has 1 heterocycles. The van der Waals surface area contributed by atoms with Crippen molar-refractivity contribution in [2.75, 3.05) is 0 Å². The first kappa shape index (κ1) is 13.6. The predicted molar refractivity (Wildman–Crippen MR) is 78.9 cm³/mol. The van der Waals surface area contributed by atoms with Gasteiger partial charge in [0.05, 0.1) is 17.3 Å². The number of aryl methyl sites for hydroxylation is 1. The molecule has 0 amide bonds. The van der Waals surface area contributed by atoms with Gasteiger partial charge in [-0.1, -0.05) is 30.3 Å². The summed E-state index contributed by atoms with van der Waals surface area (Å²) in [6.07, 6.45) is 0. The highest BCUT2D eigenvalue weighted by Gasteiger charge is 2.21. The van der Waals surface area contributed by atoms with Crippen molar-refractivity contribution < 1.29 is 8.78 Å². The van der Waals surface area contributed by atoms with Crippen LogP contribution in [0.25, 0.3) is 10.9 Å². The maximum atomic E-state index is 14.2. The largest absolute Gasteiger partial charge is 0.319 e. The normalized spacial score (nSPS) is 12.6. The van der Waals surface area contributed by atoms with Crippen molar-refractivity contribution in [3.05, 3.63) is 77.0 Å². The fourth-order valence-corrected chi connectivity index (χ4v) is 2.37. The van der Waals surface area contributed by atoms with E-state index in [1.807, 2.05) is 30.3 Å². The van der Waals surface area contributed by atoms with E-state index in [1.165, 1.54) is 12.1 Å². The van der Waals surface area contributed by atoms with Crippen LogP contribution < -0.4 is 5.73 Å². The minimum atomic E-state index is -0.936. The summed E-state index contributed by atoms with van der Waals surface area (Å²) in [5, 5.41) is 0.957. The van der Waals surface area contributed by atoms with Gasteiger partial charge in [0.1, 0.15) is 11.6 Å². The summed E-state index contributed by atoms with van der Waals surface area (Å²) in [5.74, 6) is -1.27. The molecule has 1 atom stereocenters. The Morgan fingerprint density at radius 1 is 1.00 bits per heavy atom. The molecule has 0 bridgehead atoms. The molecule has 0 saturated heterocycles. The van der Waals surface area contributed by atoms with Crippen molar-refractivity contribution in [3.8, 4) is 0 Å². The lowest BCUT2D eigenvalue weighted by Crippen LogP contribution is -2.17. The predicted octanol–water partition coefficient (Wildman–Crippen LogP) is 3.87. The van der Waals surface area contributed by atoms with E-state index in [4.69, 9.17) is 5.73 Å². The first-order valence-electron chi connectivity index (χ1n) is 6.63. The highest BCUT2D eigenvalue weighted by molar-refractivity contribution is 5.78. The number of nitrogens with zero attached hydrogens (tertiary/aromatic N) is 1. The quantitative estimate of drug-likeness (QED) is 0.776. The number of hydrogen-bond donors (Lipinski definition) is 1. The van der Waals surface area contributed by atoms with E-state index >= 15 is 0 Å². The number of benzene rings is 2. The summed E-state index contributed by atoms with van der Waals surface area (Å²) >= 11 is 0. The van der Waals surface area contributed by atoms with E-state index in [0.717, 1.165) is 10.9 Å². The van der Waals surface area contributed by atoms with Crippen LogP contribution in [0.15, 0.2) is 48.5 Å². The Bertz CT molecular complexity index is 815. The lowest BCUT2D eigenvalue weighted by molar-refractivity contribution is 0.536. The van der Waals surface area contributed by atoms with Crippen LogP contribution in [-0.4, -0.2) is 4.98 Å². The smallest absolute Gasteiger partial charge is 0.134 e. The third-order valence-corrected chi connectivity index (χ3v) is 3.57. The number of pyridine rings is 1. The van der Waals surface area contributed by atoms with E-state index < -0.39 is 17.7 Å². The Hall–Kier alpha value is -2.33. The molecule has 0 spiro atoms. The summed E-state index contributed by atoms with van der Waals surface area (Å²) in [4.78, 5) is 4.41. The van der Waals surface area contributed by atoms with Crippen molar-refractivity contribution in [1.82, 2.24) is 4.98 Å². The van der Waals surface area contributed by atoms with Crippen LogP contribution in [0.3, 0.4) is 0 Å². The summed E-state index contributed by atoms with van der Waals surface area (Å²) < 4.78 is 28.1. The highest BCUT2D eigenvalue weighted by Crippen LogP contribution is 2.26. The van der Waals surface area contributed by atoms with Crippen molar-refractivity contribution in [2.24, 2.45) is 5.73 Å². The molecule has 2 nitrogen and oxygen atoms in total. The van der Waals surface area contributed by atoms with Gasteiger partial charge in [-0.3, -0.25) is 4.98 Å². The molecule has 0 saturated carbocycles. The minimum Gasteiger partial charge on any atom is -0.319 e. The number of para-hydroxylation sites is 1. The summed E-state index contributed by atoms with van der Waals surface area (Å²) in [7, 11) is 0. The minimum absolute atomic E-state index is 0.141. The zero-order valence-corrected chi connectivity index (χ0v) is 11.5. The van der Waals surface area contributed by atoms with Gasteiger partial charge in [-0.2, -0.15) is 0 Å². The Kier molecular flexibility index (Phi) is 3.39. The van der Waals surface area contributed by atoms with Crippen LogP contribution in [0, 0.1) is 18.6 Å². The fourth-order valence-electron chi connectivity index (χ4n) is 2.37. The summed E-state index contributed by atoms with van der Waals surface area (Å²) in [5.41, 5.74) is 7.45. The van der Waals surface area contributed by atoms with Crippen molar-refractivity contribution in [1.29, 1.82) is 0 Å². The second-order valence-corrected chi connectivity index (χ2v) is 5.00. The van der Waals surface area contributed by atoms with Crippen LogP contribution >= 0.6 is 0 Å². The van der Waals surface area contributed by atoms with Crippen LogP contribution in [0.5, 0.6) is 0 Å². The SMILES string of the molecule is Cc1ccc(F)c(C(N)c2ccc3ccccc3n2)c1F. The third kappa shape index (κ3) is 2.38. The first-order valence-corrected chi connectivity index (χ1v) is 6.63. The van der Waals surface area contributed by atoms with Gasteiger partial charge in [0.2, 0.25) is 0 Å². The third-order valence-electron chi connectivity index (χ3n) is 3.57. The number of fused-ring (bicyclic) bond motifs is 1. The average molecular weight is 284 g/mol. The van der Waals surface area contributed by atoms with Crippen molar-refractivity contribution in [3.63, 3.8) is 0 Å². The lowest BCUT2D eigenvalue weighted by Gasteiger charge is -2.15. The Labute approximate surface area is 121 Å². The Balaban J connectivity index is 2.12. The van der Waals surface area contributed by atoms with E-state index in [1.54, 1.807) is 13.0 Å². The molecule has 0 aliphatic carbocycles. The molecule has 4 heteroatoms. The second-order valence-electron chi connectivity index (χ2n) is 5.00. The fraction of sp³-hybridized carbons (Fsp3) is 0.118. The van der Waals surface area contributed by atoms with E-state index in [-0.39, 0.29) is 5.56 Å². The highest BCUT2D eigenvalue weighted by atomic mass is 19.1. The number of nitrogens with two attached hydrogens (primary N) is 1.